The molecule has 1 N–H and O–H groups in total. The maximum Gasteiger partial charge on any atom is 0.318 e. The molecule has 0 bridgehead atoms. The Morgan fingerprint density at radius 3 is 2.56 bits per heavy atom. The second-order valence-corrected chi connectivity index (χ2v) is 13.4. The van der Waals surface area contributed by atoms with Gasteiger partial charge in [-0.1, -0.05) is 44.2 Å². The number of nitrogens with zero attached hydrogens (tertiary/aromatic N) is 4. The van der Waals surface area contributed by atoms with Gasteiger partial charge in [0.25, 0.3) is 0 Å². The van der Waals surface area contributed by atoms with Crippen LogP contribution >= 0.6 is 11.8 Å². The lowest BCUT2D eigenvalue weighted by atomic mass is 9.94. The van der Waals surface area contributed by atoms with Crippen molar-refractivity contribution in [2.24, 2.45) is 5.41 Å². The zero-order valence-corrected chi connectivity index (χ0v) is 24.3. The average molecular weight is 544 g/mol. The summed E-state index contributed by atoms with van der Waals surface area (Å²) in [5.41, 5.74) is 5.64. The van der Waals surface area contributed by atoms with Crippen LogP contribution in [0.3, 0.4) is 0 Å². The number of nitrogens with one attached hydrogen (secondary N) is 1. The Morgan fingerprint density at radius 2 is 1.82 bits per heavy atom. The normalized spacial score (nSPS) is 21.4. The molecule has 39 heavy (non-hydrogen) atoms. The van der Waals surface area contributed by atoms with E-state index in [4.69, 9.17) is 14.7 Å². The van der Waals surface area contributed by atoms with Crippen LogP contribution in [0, 0.1) is 5.41 Å². The third-order valence-corrected chi connectivity index (χ3v) is 11.4. The molecule has 4 aliphatic heterocycles. The number of ether oxygens (including phenoxy) is 1. The molecule has 0 saturated carbocycles. The van der Waals surface area contributed by atoms with E-state index in [1.165, 1.54) is 77.9 Å². The van der Waals surface area contributed by atoms with Gasteiger partial charge >= 0.3 is 6.01 Å². The molecule has 0 radical (unpaired) electrons. The SMILES string of the molecule is CCc1cccc2cccc(N3CCc4c(nc(OCC56CCCN5CCC6)nc4NCC4(C)CSC4)C3)c12. The van der Waals surface area contributed by atoms with E-state index in [9.17, 15) is 0 Å². The highest BCUT2D eigenvalue weighted by molar-refractivity contribution is 8.00. The monoisotopic (exact) mass is 543 g/mol. The third-order valence-electron chi connectivity index (χ3n) is 9.60. The lowest BCUT2D eigenvalue weighted by Crippen LogP contribution is -2.43. The van der Waals surface area contributed by atoms with Crippen LogP contribution in [0.5, 0.6) is 6.01 Å². The molecule has 206 valence electrons. The third kappa shape index (κ3) is 4.65. The molecular formula is C32H41N5OS. The van der Waals surface area contributed by atoms with Gasteiger partial charge in [0.2, 0.25) is 0 Å². The molecule has 0 amide bonds. The quantitative estimate of drug-likeness (QED) is 0.378. The first-order valence-corrected chi connectivity index (χ1v) is 16.1. The second kappa shape index (κ2) is 10.2. The van der Waals surface area contributed by atoms with Crippen molar-refractivity contribution >= 4 is 34.0 Å². The largest absolute Gasteiger partial charge is 0.461 e. The van der Waals surface area contributed by atoms with E-state index in [1.54, 1.807) is 0 Å². The van der Waals surface area contributed by atoms with Crippen molar-refractivity contribution in [2.45, 2.75) is 64.5 Å². The van der Waals surface area contributed by atoms with Gasteiger partial charge < -0.3 is 15.0 Å². The summed E-state index contributed by atoms with van der Waals surface area (Å²) in [7, 11) is 0. The number of aromatic nitrogens is 2. The van der Waals surface area contributed by atoms with Crippen LogP contribution in [0.1, 0.15) is 56.4 Å². The Hall–Kier alpha value is -2.51. The fraction of sp³-hybridized carbons (Fsp3) is 0.562. The Labute approximate surface area is 236 Å². The second-order valence-electron chi connectivity index (χ2n) is 12.5. The molecule has 0 aliphatic carbocycles. The summed E-state index contributed by atoms with van der Waals surface area (Å²) in [6.45, 7) is 10.4. The van der Waals surface area contributed by atoms with Crippen LogP contribution < -0.4 is 15.0 Å². The molecule has 6 nitrogen and oxygen atoms in total. The molecule has 0 spiro atoms. The number of thioether (sulfide) groups is 1. The van der Waals surface area contributed by atoms with E-state index in [1.807, 2.05) is 11.8 Å². The molecule has 3 fully saturated rings. The molecule has 5 heterocycles. The van der Waals surface area contributed by atoms with E-state index >= 15 is 0 Å². The van der Waals surface area contributed by atoms with Gasteiger partial charge in [-0.3, -0.25) is 4.90 Å². The van der Waals surface area contributed by atoms with Crippen molar-refractivity contribution in [1.29, 1.82) is 0 Å². The lowest BCUT2D eigenvalue weighted by Gasteiger charge is -2.38. The van der Waals surface area contributed by atoms with Crippen molar-refractivity contribution in [3.63, 3.8) is 0 Å². The summed E-state index contributed by atoms with van der Waals surface area (Å²) in [4.78, 5) is 15.3. The molecule has 3 aromatic rings. The minimum Gasteiger partial charge on any atom is -0.461 e. The summed E-state index contributed by atoms with van der Waals surface area (Å²) >= 11 is 2.03. The number of aryl methyl sites for hydroxylation is 1. The Kier molecular flexibility index (Phi) is 6.63. The van der Waals surface area contributed by atoms with E-state index < -0.39 is 0 Å². The van der Waals surface area contributed by atoms with E-state index in [2.05, 4.69) is 65.4 Å². The van der Waals surface area contributed by atoms with Gasteiger partial charge in [0.1, 0.15) is 12.4 Å². The molecule has 0 atom stereocenters. The maximum absolute atomic E-state index is 6.49. The highest BCUT2D eigenvalue weighted by atomic mass is 32.2. The van der Waals surface area contributed by atoms with Gasteiger partial charge in [-0.25, -0.2) is 0 Å². The summed E-state index contributed by atoms with van der Waals surface area (Å²) in [6, 6.07) is 14.0. The molecule has 3 saturated heterocycles. The Morgan fingerprint density at radius 1 is 1.03 bits per heavy atom. The van der Waals surface area contributed by atoms with E-state index in [-0.39, 0.29) is 5.54 Å². The number of benzene rings is 2. The predicted molar refractivity (Wildman–Crippen MR) is 162 cm³/mol. The molecule has 7 rings (SSSR count). The van der Waals surface area contributed by atoms with Gasteiger partial charge in [-0.05, 0) is 68.6 Å². The van der Waals surface area contributed by atoms with E-state index in [0.29, 0.717) is 18.0 Å². The minimum atomic E-state index is 0.190. The number of fused-ring (bicyclic) bond motifs is 3. The zero-order chi connectivity index (χ0) is 26.5. The number of anilines is 2. The fourth-order valence-corrected chi connectivity index (χ4v) is 8.39. The molecule has 2 aromatic carbocycles. The highest BCUT2D eigenvalue weighted by Gasteiger charge is 2.45. The average Bonchev–Trinajstić information content (AvgIpc) is 3.53. The fourth-order valence-electron chi connectivity index (χ4n) is 7.29. The van der Waals surface area contributed by atoms with Gasteiger partial charge in [0.05, 0.1) is 17.8 Å². The first-order chi connectivity index (χ1) is 19.1. The number of hydrogen-bond acceptors (Lipinski definition) is 7. The summed E-state index contributed by atoms with van der Waals surface area (Å²) in [5.74, 6) is 3.42. The van der Waals surface area contributed by atoms with Crippen LogP contribution in [-0.2, 0) is 19.4 Å². The minimum absolute atomic E-state index is 0.190. The number of hydrogen-bond donors (Lipinski definition) is 1. The maximum atomic E-state index is 6.49. The summed E-state index contributed by atoms with van der Waals surface area (Å²) < 4.78 is 6.49. The van der Waals surface area contributed by atoms with Gasteiger partial charge in [0.15, 0.2) is 0 Å². The molecule has 0 unspecified atom stereocenters. The smallest absolute Gasteiger partial charge is 0.318 e. The highest BCUT2D eigenvalue weighted by Crippen LogP contribution is 2.41. The van der Waals surface area contributed by atoms with Crippen LogP contribution in [0.15, 0.2) is 36.4 Å². The predicted octanol–water partition coefficient (Wildman–Crippen LogP) is 5.93. The molecule has 1 aromatic heterocycles. The Balaban J connectivity index is 1.20. The first kappa shape index (κ1) is 25.5. The van der Waals surface area contributed by atoms with Gasteiger partial charge in [-0.2, -0.15) is 21.7 Å². The van der Waals surface area contributed by atoms with Crippen molar-refractivity contribution < 1.29 is 4.74 Å². The Bertz CT molecular complexity index is 1360. The van der Waals surface area contributed by atoms with Crippen LogP contribution in [0.4, 0.5) is 11.5 Å². The molecule has 7 heteroatoms. The van der Waals surface area contributed by atoms with Gasteiger partial charge in [0, 0.05) is 46.6 Å². The lowest BCUT2D eigenvalue weighted by molar-refractivity contribution is 0.107. The summed E-state index contributed by atoms with van der Waals surface area (Å²) in [6.07, 6.45) is 6.98. The number of rotatable bonds is 8. The first-order valence-electron chi connectivity index (χ1n) is 14.9. The van der Waals surface area contributed by atoms with Crippen LogP contribution in [0.25, 0.3) is 10.8 Å². The van der Waals surface area contributed by atoms with Crippen LogP contribution in [-0.4, -0.2) is 64.7 Å². The molecular weight excluding hydrogens is 502 g/mol. The topological polar surface area (TPSA) is 53.5 Å². The van der Waals surface area contributed by atoms with Crippen LogP contribution in [0.2, 0.25) is 0 Å². The zero-order valence-electron chi connectivity index (χ0n) is 23.5. The van der Waals surface area contributed by atoms with Crippen molar-refractivity contribution in [1.82, 2.24) is 14.9 Å². The van der Waals surface area contributed by atoms with Crippen molar-refractivity contribution in [2.75, 3.05) is 54.5 Å². The standard InChI is InChI=1S/C32H41N5OS/c1-3-23-8-4-9-24-10-5-11-27(28(23)24)36-17-12-25-26(18-36)34-30(35-29(25)33-19-31(2)21-39-22-31)38-20-32-13-6-15-37(32)16-7-14-32/h4-5,8-11H,3,6-7,12-22H2,1-2H3,(H,33,34,35). The van der Waals surface area contributed by atoms with Gasteiger partial charge in [-0.15, -0.1) is 0 Å². The molecule has 4 aliphatic rings. The summed E-state index contributed by atoms with van der Waals surface area (Å²) in [5, 5.41) is 6.45. The van der Waals surface area contributed by atoms with E-state index in [0.717, 1.165) is 44.0 Å². The van der Waals surface area contributed by atoms with Crippen molar-refractivity contribution in [3.05, 3.63) is 53.2 Å². The van der Waals surface area contributed by atoms with Crippen molar-refractivity contribution in [3.8, 4) is 6.01 Å².